The average molecular weight is 483 g/mol. The first kappa shape index (κ1) is 23.4. The standard InChI is InChI=1S/C25H26N2O6S/c1-30-18-11-13-23(31-2)20(15-18)22-16-21(17-10-12-24(32-3)25(14-17)33-4)26-27(22)34(28,29)19-8-6-5-7-9-19/h5-15,22H,16H2,1-4H3/t22-/m1/s1. The van der Waals surface area contributed by atoms with E-state index in [4.69, 9.17) is 18.9 Å². The summed E-state index contributed by atoms with van der Waals surface area (Å²) in [4.78, 5) is 0.152. The van der Waals surface area contributed by atoms with Crippen LogP contribution in [0.2, 0.25) is 0 Å². The van der Waals surface area contributed by atoms with Gasteiger partial charge in [0, 0.05) is 17.5 Å². The van der Waals surface area contributed by atoms with Crippen molar-refractivity contribution in [3.8, 4) is 23.0 Å². The maximum atomic E-state index is 13.7. The molecule has 0 radical (unpaired) electrons. The molecule has 1 aliphatic heterocycles. The van der Waals surface area contributed by atoms with E-state index < -0.39 is 16.1 Å². The van der Waals surface area contributed by atoms with Gasteiger partial charge >= 0.3 is 0 Å². The van der Waals surface area contributed by atoms with Crippen LogP contribution < -0.4 is 18.9 Å². The summed E-state index contributed by atoms with van der Waals surface area (Å²) in [5.41, 5.74) is 1.98. The number of hydrazone groups is 1. The molecule has 0 aromatic heterocycles. The molecule has 1 atom stereocenters. The molecule has 8 nitrogen and oxygen atoms in total. The number of methoxy groups -OCH3 is 4. The van der Waals surface area contributed by atoms with E-state index in [1.165, 1.54) is 0 Å². The Bertz CT molecular complexity index is 1310. The predicted octanol–water partition coefficient (Wildman–Crippen LogP) is 4.26. The van der Waals surface area contributed by atoms with E-state index in [1.807, 2.05) is 6.07 Å². The highest BCUT2D eigenvalue weighted by molar-refractivity contribution is 7.89. The Labute approximate surface area is 199 Å². The minimum absolute atomic E-state index is 0.152. The van der Waals surface area contributed by atoms with E-state index in [2.05, 4.69) is 5.10 Å². The van der Waals surface area contributed by atoms with Gasteiger partial charge in [-0.2, -0.15) is 17.9 Å². The molecule has 0 amide bonds. The molecule has 0 spiro atoms. The van der Waals surface area contributed by atoms with Gasteiger partial charge in [-0.1, -0.05) is 18.2 Å². The average Bonchev–Trinajstić information content (AvgIpc) is 3.34. The lowest BCUT2D eigenvalue weighted by Gasteiger charge is -2.25. The molecule has 34 heavy (non-hydrogen) atoms. The molecule has 9 heteroatoms. The molecule has 0 N–H and O–H groups in total. The topological polar surface area (TPSA) is 86.7 Å². The molecule has 0 fully saturated rings. The zero-order valence-electron chi connectivity index (χ0n) is 19.4. The lowest BCUT2D eigenvalue weighted by molar-refractivity contribution is 0.346. The predicted molar refractivity (Wildman–Crippen MR) is 128 cm³/mol. The van der Waals surface area contributed by atoms with Crippen molar-refractivity contribution in [2.24, 2.45) is 5.10 Å². The van der Waals surface area contributed by atoms with Crippen LogP contribution in [0.15, 0.2) is 76.7 Å². The molecule has 0 bridgehead atoms. The maximum Gasteiger partial charge on any atom is 0.279 e. The van der Waals surface area contributed by atoms with E-state index >= 15 is 0 Å². The molecular formula is C25H26N2O6S. The molecule has 0 saturated heterocycles. The molecule has 3 aromatic carbocycles. The van der Waals surface area contributed by atoms with Gasteiger partial charge in [0.15, 0.2) is 11.5 Å². The van der Waals surface area contributed by atoms with Crippen molar-refractivity contribution < 1.29 is 27.4 Å². The van der Waals surface area contributed by atoms with Gasteiger partial charge in [0.25, 0.3) is 10.0 Å². The lowest BCUT2D eigenvalue weighted by Crippen LogP contribution is -2.27. The zero-order valence-corrected chi connectivity index (χ0v) is 20.2. The summed E-state index contributed by atoms with van der Waals surface area (Å²) in [6.45, 7) is 0. The highest BCUT2D eigenvalue weighted by atomic mass is 32.2. The highest BCUT2D eigenvalue weighted by Gasteiger charge is 2.39. The minimum atomic E-state index is -3.96. The van der Waals surface area contributed by atoms with Crippen LogP contribution in [0.5, 0.6) is 23.0 Å². The van der Waals surface area contributed by atoms with E-state index in [-0.39, 0.29) is 4.90 Å². The number of benzene rings is 3. The first-order valence-corrected chi connectivity index (χ1v) is 12.0. The fraction of sp³-hybridized carbons (Fsp3) is 0.240. The second-order valence-corrected chi connectivity index (χ2v) is 9.33. The van der Waals surface area contributed by atoms with Crippen LogP contribution in [0.4, 0.5) is 0 Å². The minimum Gasteiger partial charge on any atom is -0.497 e. The first-order chi connectivity index (χ1) is 16.4. The van der Waals surface area contributed by atoms with Gasteiger partial charge in [-0.05, 0) is 48.5 Å². The van der Waals surface area contributed by atoms with Crippen molar-refractivity contribution in [3.05, 3.63) is 77.9 Å². The van der Waals surface area contributed by atoms with Crippen LogP contribution in [0.25, 0.3) is 0 Å². The van der Waals surface area contributed by atoms with Crippen molar-refractivity contribution >= 4 is 15.7 Å². The van der Waals surface area contributed by atoms with Gasteiger partial charge in [0.2, 0.25) is 0 Å². The number of hydrogen-bond acceptors (Lipinski definition) is 7. The van der Waals surface area contributed by atoms with E-state index in [0.717, 1.165) is 9.98 Å². The Hall–Kier alpha value is -3.72. The van der Waals surface area contributed by atoms with Crippen LogP contribution in [-0.4, -0.2) is 47.0 Å². The van der Waals surface area contributed by atoms with Crippen molar-refractivity contribution in [3.63, 3.8) is 0 Å². The van der Waals surface area contributed by atoms with Crippen LogP contribution in [0.3, 0.4) is 0 Å². The van der Waals surface area contributed by atoms with Gasteiger partial charge in [0.1, 0.15) is 11.5 Å². The fourth-order valence-electron chi connectivity index (χ4n) is 3.93. The van der Waals surface area contributed by atoms with Crippen molar-refractivity contribution in [2.45, 2.75) is 17.4 Å². The molecule has 0 saturated carbocycles. The van der Waals surface area contributed by atoms with Gasteiger partial charge in [-0.3, -0.25) is 0 Å². The molecule has 1 heterocycles. The van der Waals surface area contributed by atoms with E-state index in [1.54, 1.807) is 89.1 Å². The molecule has 0 unspecified atom stereocenters. The Balaban J connectivity index is 1.86. The third-order valence-electron chi connectivity index (χ3n) is 5.67. The number of nitrogens with zero attached hydrogens (tertiary/aromatic N) is 2. The van der Waals surface area contributed by atoms with E-state index in [0.29, 0.717) is 40.7 Å². The summed E-state index contributed by atoms with van der Waals surface area (Å²) in [5, 5.41) is 4.60. The molecular weight excluding hydrogens is 456 g/mol. The van der Waals surface area contributed by atoms with Crippen LogP contribution >= 0.6 is 0 Å². The number of rotatable bonds is 8. The summed E-state index contributed by atoms with van der Waals surface area (Å²) < 4.78 is 50.2. The summed E-state index contributed by atoms with van der Waals surface area (Å²) in [6.07, 6.45) is 0.324. The largest absolute Gasteiger partial charge is 0.497 e. The molecule has 3 aromatic rings. The van der Waals surface area contributed by atoms with E-state index in [9.17, 15) is 8.42 Å². The van der Waals surface area contributed by atoms with Gasteiger partial charge in [-0.25, -0.2) is 0 Å². The smallest absolute Gasteiger partial charge is 0.279 e. The Morgan fingerprint density at radius 3 is 2.12 bits per heavy atom. The van der Waals surface area contributed by atoms with Crippen molar-refractivity contribution in [2.75, 3.05) is 28.4 Å². The third-order valence-corrected chi connectivity index (χ3v) is 7.37. The molecule has 178 valence electrons. The quantitative estimate of drug-likeness (QED) is 0.477. The van der Waals surface area contributed by atoms with Crippen LogP contribution in [0, 0.1) is 0 Å². The summed E-state index contributed by atoms with van der Waals surface area (Å²) >= 11 is 0. The fourth-order valence-corrected chi connectivity index (χ4v) is 5.38. The summed E-state index contributed by atoms with van der Waals surface area (Å²) in [7, 11) is 2.26. The SMILES string of the molecule is COc1ccc(OC)c([C@H]2CC(c3ccc(OC)c(OC)c3)=NN2S(=O)(=O)c2ccccc2)c1. The second-order valence-electron chi connectivity index (χ2n) is 7.53. The monoisotopic (exact) mass is 482 g/mol. The normalized spacial score (nSPS) is 15.6. The molecule has 0 aliphatic carbocycles. The molecule has 1 aliphatic rings. The number of sulfonamides is 1. The number of ether oxygens (including phenoxy) is 4. The van der Waals surface area contributed by atoms with Crippen molar-refractivity contribution in [1.29, 1.82) is 0 Å². The van der Waals surface area contributed by atoms with Crippen molar-refractivity contribution in [1.82, 2.24) is 4.41 Å². The van der Waals surface area contributed by atoms with Crippen LogP contribution in [0.1, 0.15) is 23.6 Å². The molecule has 4 rings (SSSR count). The third kappa shape index (κ3) is 4.26. The van der Waals surface area contributed by atoms with Crippen LogP contribution in [-0.2, 0) is 10.0 Å². The van der Waals surface area contributed by atoms with Gasteiger partial charge in [0.05, 0.1) is 45.1 Å². The van der Waals surface area contributed by atoms with Gasteiger partial charge in [-0.15, -0.1) is 0 Å². The Kier molecular flexibility index (Phi) is 6.65. The number of hydrogen-bond donors (Lipinski definition) is 0. The second kappa shape index (κ2) is 9.64. The summed E-state index contributed by atoms with van der Waals surface area (Å²) in [6, 6.07) is 18.3. The first-order valence-electron chi connectivity index (χ1n) is 10.5. The maximum absolute atomic E-state index is 13.7. The summed E-state index contributed by atoms with van der Waals surface area (Å²) in [5.74, 6) is 2.24. The van der Waals surface area contributed by atoms with Gasteiger partial charge < -0.3 is 18.9 Å². The zero-order chi connectivity index (χ0) is 24.3. The Morgan fingerprint density at radius 1 is 0.794 bits per heavy atom. The lowest BCUT2D eigenvalue weighted by atomic mass is 9.98. The Morgan fingerprint density at radius 2 is 1.47 bits per heavy atom. The highest BCUT2D eigenvalue weighted by Crippen LogP contribution is 2.42.